The first-order chi connectivity index (χ1) is 12.6. The fourth-order valence-corrected chi connectivity index (χ4v) is 4.35. The standard InChI is InChI=1S/C20H32N6/c1-14(2)25-12-17(11-22-25)20-7-6-18(24-20)9-15(3)26-13-16(10-23-26)19-5-4-8-21-19/h10-15,18-21,24H,4-9H2,1-3H3/t15?,18?,19-,20?/m0/s1. The van der Waals surface area contributed by atoms with Crippen molar-refractivity contribution >= 4 is 0 Å². The van der Waals surface area contributed by atoms with Gasteiger partial charge in [-0.2, -0.15) is 10.2 Å². The average Bonchev–Trinajstić information content (AvgIpc) is 3.39. The fourth-order valence-electron chi connectivity index (χ4n) is 4.35. The molecule has 6 nitrogen and oxygen atoms in total. The van der Waals surface area contributed by atoms with Gasteiger partial charge in [0.2, 0.25) is 0 Å². The molecule has 2 aliphatic rings. The predicted octanol–water partition coefficient (Wildman–Crippen LogP) is 3.53. The number of rotatable bonds is 6. The zero-order chi connectivity index (χ0) is 18.1. The van der Waals surface area contributed by atoms with Gasteiger partial charge in [0.1, 0.15) is 0 Å². The Balaban J connectivity index is 1.33. The van der Waals surface area contributed by atoms with Crippen LogP contribution in [-0.2, 0) is 0 Å². The van der Waals surface area contributed by atoms with Crippen molar-refractivity contribution in [1.29, 1.82) is 0 Å². The third kappa shape index (κ3) is 3.71. The van der Waals surface area contributed by atoms with Gasteiger partial charge in [-0.15, -0.1) is 0 Å². The van der Waals surface area contributed by atoms with E-state index in [-0.39, 0.29) is 0 Å². The van der Waals surface area contributed by atoms with Crippen molar-refractivity contribution in [2.45, 2.75) is 83.1 Å². The first-order valence-electron chi connectivity index (χ1n) is 10.2. The van der Waals surface area contributed by atoms with Crippen molar-refractivity contribution in [2.24, 2.45) is 0 Å². The lowest BCUT2D eigenvalue weighted by atomic mass is 10.1. The van der Waals surface area contributed by atoms with E-state index in [2.05, 4.69) is 63.4 Å². The number of nitrogens with one attached hydrogen (secondary N) is 2. The summed E-state index contributed by atoms with van der Waals surface area (Å²) in [6, 6.07) is 2.33. The molecule has 2 saturated heterocycles. The predicted molar refractivity (Wildman–Crippen MR) is 103 cm³/mol. The van der Waals surface area contributed by atoms with Gasteiger partial charge in [-0.05, 0) is 59.4 Å². The molecule has 2 aromatic heterocycles. The number of aromatic nitrogens is 4. The minimum Gasteiger partial charge on any atom is -0.310 e. The van der Waals surface area contributed by atoms with Gasteiger partial charge in [-0.1, -0.05) is 0 Å². The molecule has 0 spiro atoms. The maximum absolute atomic E-state index is 4.64. The highest BCUT2D eigenvalue weighted by atomic mass is 15.3. The topological polar surface area (TPSA) is 59.7 Å². The van der Waals surface area contributed by atoms with E-state index in [1.54, 1.807) is 0 Å². The molecule has 4 atom stereocenters. The van der Waals surface area contributed by atoms with E-state index < -0.39 is 0 Å². The minimum absolute atomic E-state index is 0.416. The molecule has 26 heavy (non-hydrogen) atoms. The van der Waals surface area contributed by atoms with Crippen molar-refractivity contribution in [3.8, 4) is 0 Å². The average molecular weight is 357 g/mol. The molecule has 0 aliphatic carbocycles. The summed E-state index contributed by atoms with van der Waals surface area (Å²) in [5.74, 6) is 0. The van der Waals surface area contributed by atoms with Crippen molar-refractivity contribution in [3.05, 3.63) is 35.9 Å². The highest BCUT2D eigenvalue weighted by Crippen LogP contribution is 2.31. The first-order valence-corrected chi connectivity index (χ1v) is 10.2. The van der Waals surface area contributed by atoms with Crippen molar-refractivity contribution in [1.82, 2.24) is 30.2 Å². The van der Waals surface area contributed by atoms with Crippen LogP contribution in [0.25, 0.3) is 0 Å². The summed E-state index contributed by atoms with van der Waals surface area (Å²) in [5, 5.41) is 16.5. The molecular formula is C20H32N6. The van der Waals surface area contributed by atoms with Crippen LogP contribution in [0.3, 0.4) is 0 Å². The minimum atomic E-state index is 0.416. The van der Waals surface area contributed by atoms with Crippen LogP contribution in [-0.4, -0.2) is 32.1 Å². The molecule has 2 aromatic rings. The highest BCUT2D eigenvalue weighted by molar-refractivity contribution is 5.14. The summed E-state index contributed by atoms with van der Waals surface area (Å²) in [4.78, 5) is 0. The Morgan fingerprint density at radius 2 is 1.73 bits per heavy atom. The van der Waals surface area contributed by atoms with E-state index in [1.807, 2.05) is 12.4 Å². The Hall–Kier alpha value is -1.66. The second-order valence-electron chi connectivity index (χ2n) is 8.33. The lowest BCUT2D eigenvalue weighted by Gasteiger charge is -2.19. The van der Waals surface area contributed by atoms with Crippen LogP contribution >= 0.6 is 0 Å². The molecule has 6 heteroatoms. The molecule has 4 heterocycles. The second kappa shape index (κ2) is 7.53. The van der Waals surface area contributed by atoms with Gasteiger partial charge in [0.15, 0.2) is 0 Å². The molecule has 2 N–H and O–H groups in total. The van der Waals surface area contributed by atoms with Crippen LogP contribution in [0.2, 0.25) is 0 Å². The van der Waals surface area contributed by atoms with Crippen LogP contribution < -0.4 is 10.6 Å². The van der Waals surface area contributed by atoms with Crippen LogP contribution in [0, 0.1) is 0 Å². The molecule has 2 fully saturated rings. The van der Waals surface area contributed by atoms with Crippen LogP contribution in [0.4, 0.5) is 0 Å². The monoisotopic (exact) mass is 356 g/mol. The van der Waals surface area contributed by atoms with E-state index in [0.29, 0.717) is 30.2 Å². The van der Waals surface area contributed by atoms with Crippen molar-refractivity contribution in [2.75, 3.05) is 6.54 Å². The van der Waals surface area contributed by atoms with E-state index in [4.69, 9.17) is 0 Å². The quantitative estimate of drug-likeness (QED) is 0.831. The van der Waals surface area contributed by atoms with E-state index in [1.165, 1.54) is 36.8 Å². The van der Waals surface area contributed by atoms with Crippen molar-refractivity contribution in [3.63, 3.8) is 0 Å². The van der Waals surface area contributed by atoms with Gasteiger partial charge in [0.25, 0.3) is 0 Å². The molecular weight excluding hydrogens is 324 g/mol. The summed E-state index contributed by atoms with van der Waals surface area (Å²) in [6.07, 6.45) is 14.5. The maximum Gasteiger partial charge on any atom is 0.0537 e. The Kier molecular flexibility index (Phi) is 5.14. The Morgan fingerprint density at radius 1 is 1.00 bits per heavy atom. The highest BCUT2D eigenvalue weighted by Gasteiger charge is 2.28. The van der Waals surface area contributed by atoms with E-state index >= 15 is 0 Å². The molecule has 0 aromatic carbocycles. The fraction of sp³-hybridized carbons (Fsp3) is 0.700. The molecule has 3 unspecified atom stereocenters. The molecule has 0 saturated carbocycles. The summed E-state index contributed by atoms with van der Waals surface area (Å²) >= 11 is 0. The summed E-state index contributed by atoms with van der Waals surface area (Å²) in [5.41, 5.74) is 2.66. The van der Waals surface area contributed by atoms with E-state index in [9.17, 15) is 0 Å². The lowest BCUT2D eigenvalue weighted by Crippen LogP contribution is -2.27. The molecule has 0 radical (unpaired) electrons. The lowest BCUT2D eigenvalue weighted by molar-refractivity contribution is 0.391. The van der Waals surface area contributed by atoms with Gasteiger partial charge < -0.3 is 10.6 Å². The van der Waals surface area contributed by atoms with Gasteiger partial charge in [0, 0.05) is 47.7 Å². The Labute approximate surface area is 156 Å². The molecule has 0 amide bonds. The zero-order valence-electron chi connectivity index (χ0n) is 16.2. The number of hydrogen-bond acceptors (Lipinski definition) is 4. The summed E-state index contributed by atoms with van der Waals surface area (Å²) in [7, 11) is 0. The van der Waals surface area contributed by atoms with E-state index in [0.717, 1.165) is 13.0 Å². The van der Waals surface area contributed by atoms with Gasteiger partial charge in [0.05, 0.1) is 18.4 Å². The van der Waals surface area contributed by atoms with Crippen LogP contribution in [0.15, 0.2) is 24.8 Å². The Morgan fingerprint density at radius 3 is 2.42 bits per heavy atom. The molecule has 4 rings (SSSR count). The third-order valence-electron chi connectivity index (χ3n) is 5.96. The molecule has 0 bridgehead atoms. The molecule has 142 valence electrons. The van der Waals surface area contributed by atoms with Crippen molar-refractivity contribution < 1.29 is 0 Å². The zero-order valence-corrected chi connectivity index (χ0v) is 16.2. The van der Waals surface area contributed by atoms with Gasteiger partial charge in [-0.25, -0.2) is 0 Å². The first kappa shape index (κ1) is 17.7. The summed E-state index contributed by atoms with van der Waals surface area (Å²) in [6.45, 7) is 7.75. The summed E-state index contributed by atoms with van der Waals surface area (Å²) < 4.78 is 4.20. The van der Waals surface area contributed by atoms with Gasteiger partial charge in [-0.3, -0.25) is 9.36 Å². The maximum atomic E-state index is 4.64. The normalized spacial score (nSPS) is 27.5. The number of hydrogen-bond donors (Lipinski definition) is 2. The smallest absolute Gasteiger partial charge is 0.0537 e. The van der Waals surface area contributed by atoms with Crippen LogP contribution in [0.1, 0.15) is 88.2 Å². The Bertz CT molecular complexity index is 711. The third-order valence-corrected chi connectivity index (χ3v) is 5.96. The number of nitrogens with zero attached hydrogens (tertiary/aromatic N) is 4. The largest absolute Gasteiger partial charge is 0.310 e. The molecule has 2 aliphatic heterocycles. The second-order valence-corrected chi connectivity index (χ2v) is 8.33. The SMILES string of the molecule is CC(C)n1cc(C2CCC(CC(C)n3cc([C@@H]4CCCN4)cn3)N2)cn1. The van der Waals surface area contributed by atoms with Crippen LogP contribution in [0.5, 0.6) is 0 Å². The van der Waals surface area contributed by atoms with Gasteiger partial charge >= 0.3 is 0 Å².